The topological polar surface area (TPSA) is 51.6 Å². The van der Waals surface area contributed by atoms with Crippen LogP contribution in [0.1, 0.15) is 5.69 Å². The Morgan fingerprint density at radius 2 is 1.82 bits per heavy atom. The molecule has 0 atom stereocenters. The normalized spacial score (nSPS) is 10.3. The molecule has 2 aromatic heterocycles. The van der Waals surface area contributed by atoms with Gasteiger partial charge in [-0.3, -0.25) is 0 Å². The zero-order chi connectivity index (χ0) is 7.68. The van der Waals surface area contributed by atoms with Gasteiger partial charge in [-0.15, -0.1) is 0 Å². The predicted octanol–water partition coefficient (Wildman–Crippen LogP) is 0.602. The minimum Gasteiger partial charge on any atom is -0.249 e. The lowest BCUT2D eigenvalue weighted by molar-refractivity contribution is 1.12. The van der Waals surface area contributed by atoms with Gasteiger partial charge in [0.1, 0.15) is 11.8 Å². The second-order valence-corrected chi connectivity index (χ2v) is 2.05. The maximum absolute atomic E-state index is 4.03. The van der Waals surface area contributed by atoms with Crippen molar-refractivity contribution < 1.29 is 0 Å². The standard InChI is InChI=1S/C7H5N4/c1-5-6-7(11-4-10-5)9-3-2-8-6/h2-4H,1H2. The van der Waals surface area contributed by atoms with Crippen LogP contribution in [-0.2, 0) is 0 Å². The van der Waals surface area contributed by atoms with E-state index in [1.54, 1.807) is 12.4 Å². The van der Waals surface area contributed by atoms with Crippen LogP contribution in [0.25, 0.3) is 11.2 Å². The third-order valence-corrected chi connectivity index (χ3v) is 1.35. The minimum absolute atomic E-state index is 0.590. The fourth-order valence-electron chi connectivity index (χ4n) is 0.843. The summed E-state index contributed by atoms with van der Waals surface area (Å²) in [5.74, 6) is 0. The van der Waals surface area contributed by atoms with E-state index >= 15 is 0 Å². The molecule has 53 valence electrons. The largest absolute Gasteiger partial charge is 0.249 e. The molecule has 0 spiro atoms. The molecule has 4 heteroatoms. The Balaban J connectivity index is 2.91. The Morgan fingerprint density at radius 3 is 2.64 bits per heavy atom. The first-order valence-corrected chi connectivity index (χ1v) is 3.11. The zero-order valence-electron chi connectivity index (χ0n) is 5.73. The predicted molar refractivity (Wildman–Crippen MR) is 39.6 cm³/mol. The van der Waals surface area contributed by atoms with Gasteiger partial charge in [-0.2, -0.15) is 0 Å². The van der Waals surface area contributed by atoms with Gasteiger partial charge in [-0.05, 0) is 6.92 Å². The Labute approximate surface area is 63.4 Å². The lowest BCUT2D eigenvalue weighted by Gasteiger charge is -1.94. The summed E-state index contributed by atoms with van der Waals surface area (Å²) in [6.45, 7) is 3.70. The molecule has 0 saturated carbocycles. The van der Waals surface area contributed by atoms with Gasteiger partial charge in [0.2, 0.25) is 0 Å². The van der Waals surface area contributed by atoms with Crippen molar-refractivity contribution in [2.24, 2.45) is 0 Å². The van der Waals surface area contributed by atoms with Crippen molar-refractivity contribution >= 4 is 11.2 Å². The SMILES string of the molecule is [CH2]c1ncnc2nccnc12. The van der Waals surface area contributed by atoms with E-state index in [2.05, 4.69) is 26.9 Å². The van der Waals surface area contributed by atoms with Crippen LogP contribution in [0.4, 0.5) is 0 Å². The summed E-state index contributed by atoms with van der Waals surface area (Å²) >= 11 is 0. The molecular weight excluding hydrogens is 140 g/mol. The summed E-state index contributed by atoms with van der Waals surface area (Å²) < 4.78 is 0. The number of hydrogen-bond donors (Lipinski definition) is 0. The molecule has 0 aromatic carbocycles. The summed E-state index contributed by atoms with van der Waals surface area (Å²) in [6.07, 6.45) is 4.62. The second-order valence-electron chi connectivity index (χ2n) is 2.05. The quantitative estimate of drug-likeness (QED) is 0.544. The lowest BCUT2D eigenvalue weighted by Crippen LogP contribution is -1.91. The molecule has 2 rings (SSSR count). The Morgan fingerprint density at radius 1 is 1.00 bits per heavy atom. The van der Waals surface area contributed by atoms with Gasteiger partial charge < -0.3 is 0 Å². The van der Waals surface area contributed by atoms with Gasteiger partial charge in [0.05, 0.1) is 5.69 Å². The number of hydrogen-bond acceptors (Lipinski definition) is 4. The Bertz CT molecular complexity index is 380. The maximum atomic E-state index is 4.03. The Hall–Kier alpha value is -1.58. The first-order valence-electron chi connectivity index (χ1n) is 3.11. The summed E-state index contributed by atoms with van der Waals surface area (Å²) in [6, 6.07) is 0. The highest BCUT2D eigenvalue weighted by molar-refractivity contribution is 5.71. The van der Waals surface area contributed by atoms with Crippen LogP contribution >= 0.6 is 0 Å². The molecule has 2 aromatic rings. The van der Waals surface area contributed by atoms with Gasteiger partial charge in [0.15, 0.2) is 5.65 Å². The van der Waals surface area contributed by atoms with E-state index in [0.717, 1.165) is 0 Å². The Kier molecular flexibility index (Phi) is 1.25. The summed E-state index contributed by atoms with van der Waals surface area (Å²) in [7, 11) is 0. The van der Waals surface area contributed by atoms with Gasteiger partial charge in [0, 0.05) is 12.4 Å². The maximum Gasteiger partial charge on any atom is 0.181 e. The highest BCUT2D eigenvalue weighted by atomic mass is 14.9. The van der Waals surface area contributed by atoms with Crippen molar-refractivity contribution in [1.29, 1.82) is 0 Å². The molecule has 0 amide bonds. The number of fused-ring (bicyclic) bond motifs is 1. The number of aromatic nitrogens is 4. The average molecular weight is 145 g/mol. The van der Waals surface area contributed by atoms with Crippen molar-refractivity contribution in [3.8, 4) is 0 Å². The fourth-order valence-corrected chi connectivity index (χ4v) is 0.843. The molecular formula is C7H5N4. The molecule has 0 saturated heterocycles. The van der Waals surface area contributed by atoms with Crippen LogP contribution in [0.5, 0.6) is 0 Å². The minimum atomic E-state index is 0.590. The molecule has 0 unspecified atom stereocenters. The molecule has 0 aliphatic carbocycles. The van der Waals surface area contributed by atoms with E-state index in [-0.39, 0.29) is 0 Å². The van der Waals surface area contributed by atoms with E-state index in [9.17, 15) is 0 Å². The van der Waals surface area contributed by atoms with Crippen molar-refractivity contribution in [2.75, 3.05) is 0 Å². The van der Waals surface area contributed by atoms with Crippen molar-refractivity contribution in [3.63, 3.8) is 0 Å². The fraction of sp³-hybridized carbons (Fsp3) is 0. The molecule has 0 fully saturated rings. The number of rotatable bonds is 0. The number of nitrogens with zero attached hydrogens (tertiary/aromatic N) is 4. The monoisotopic (exact) mass is 145 g/mol. The lowest BCUT2D eigenvalue weighted by atomic mass is 10.4. The molecule has 0 aliphatic rings. The molecule has 0 bridgehead atoms. The first-order chi connectivity index (χ1) is 5.38. The van der Waals surface area contributed by atoms with Gasteiger partial charge >= 0.3 is 0 Å². The van der Waals surface area contributed by atoms with Gasteiger partial charge in [-0.1, -0.05) is 0 Å². The van der Waals surface area contributed by atoms with E-state index in [1.807, 2.05) is 0 Å². The van der Waals surface area contributed by atoms with E-state index in [1.165, 1.54) is 6.33 Å². The van der Waals surface area contributed by atoms with Gasteiger partial charge in [-0.25, -0.2) is 19.9 Å². The third-order valence-electron chi connectivity index (χ3n) is 1.35. The smallest absolute Gasteiger partial charge is 0.181 e. The van der Waals surface area contributed by atoms with Crippen LogP contribution in [-0.4, -0.2) is 19.9 Å². The molecule has 1 radical (unpaired) electrons. The zero-order valence-corrected chi connectivity index (χ0v) is 5.73. The average Bonchev–Trinajstić information content (AvgIpc) is 2.06. The van der Waals surface area contributed by atoms with E-state index in [0.29, 0.717) is 16.9 Å². The van der Waals surface area contributed by atoms with Crippen molar-refractivity contribution in [2.45, 2.75) is 0 Å². The van der Waals surface area contributed by atoms with Crippen LogP contribution in [0.2, 0.25) is 0 Å². The second kappa shape index (κ2) is 2.23. The summed E-state index contributed by atoms with van der Waals surface area (Å²) in [4.78, 5) is 15.8. The molecule has 0 aliphatic heterocycles. The highest BCUT2D eigenvalue weighted by Crippen LogP contribution is 2.05. The molecule has 4 nitrogen and oxygen atoms in total. The van der Waals surface area contributed by atoms with Crippen LogP contribution < -0.4 is 0 Å². The molecule has 2 heterocycles. The third kappa shape index (κ3) is 0.920. The summed E-state index contributed by atoms with van der Waals surface area (Å²) in [5.41, 5.74) is 1.87. The van der Waals surface area contributed by atoms with Crippen LogP contribution in [0.3, 0.4) is 0 Å². The van der Waals surface area contributed by atoms with E-state index in [4.69, 9.17) is 0 Å². The van der Waals surface area contributed by atoms with Crippen molar-refractivity contribution in [3.05, 3.63) is 31.3 Å². The molecule has 0 N–H and O–H groups in total. The van der Waals surface area contributed by atoms with E-state index < -0.39 is 0 Å². The van der Waals surface area contributed by atoms with Crippen molar-refractivity contribution in [1.82, 2.24) is 19.9 Å². The summed E-state index contributed by atoms with van der Waals surface area (Å²) in [5, 5.41) is 0. The highest BCUT2D eigenvalue weighted by Gasteiger charge is 1.98. The van der Waals surface area contributed by atoms with Crippen LogP contribution in [0.15, 0.2) is 18.7 Å². The first kappa shape index (κ1) is 6.15. The molecule has 11 heavy (non-hydrogen) atoms. The van der Waals surface area contributed by atoms with Gasteiger partial charge in [0.25, 0.3) is 0 Å². The van der Waals surface area contributed by atoms with Crippen LogP contribution in [0, 0.1) is 6.92 Å².